The molecule has 7 nitrogen and oxygen atoms in total. The van der Waals surface area contributed by atoms with Gasteiger partial charge in [-0.15, -0.1) is 0 Å². The highest BCUT2D eigenvalue weighted by atomic mass is 16.5. The van der Waals surface area contributed by atoms with Gasteiger partial charge in [0.15, 0.2) is 0 Å². The topological polar surface area (TPSA) is 74.8 Å². The lowest BCUT2D eigenvalue weighted by Crippen LogP contribution is -2.38. The first-order chi connectivity index (χ1) is 14.6. The lowest BCUT2D eigenvalue weighted by molar-refractivity contribution is 0.0526. The van der Waals surface area contributed by atoms with E-state index < -0.39 is 0 Å². The summed E-state index contributed by atoms with van der Waals surface area (Å²) in [6.07, 6.45) is 5.85. The number of nitrogens with one attached hydrogen (secondary N) is 1. The van der Waals surface area contributed by atoms with Crippen molar-refractivity contribution in [1.82, 2.24) is 9.88 Å². The van der Waals surface area contributed by atoms with E-state index in [4.69, 9.17) is 4.74 Å². The molecule has 0 spiro atoms. The number of rotatable bonds is 4. The van der Waals surface area contributed by atoms with Gasteiger partial charge in [0, 0.05) is 38.1 Å². The molecule has 0 saturated carbocycles. The number of fused-ring (bicyclic) bond motifs is 1. The Hall–Kier alpha value is -3.09. The average molecular weight is 409 g/mol. The molecule has 1 aliphatic heterocycles. The van der Waals surface area contributed by atoms with Gasteiger partial charge in [0.2, 0.25) is 0 Å². The van der Waals surface area contributed by atoms with Gasteiger partial charge in [-0.05, 0) is 68.0 Å². The summed E-state index contributed by atoms with van der Waals surface area (Å²) < 4.78 is 5.00. The number of hydrogen-bond donors (Lipinski definition) is 1. The molecule has 30 heavy (non-hydrogen) atoms. The molecule has 1 fully saturated rings. The van der Waals surface area contributed by atoms with Crippen LogP contribution in [-0.4, -0.2) is 54.7 Å². The smallest absolute Gasteiger partial charge is 0.339 e. The zero-order chi connectivity index (χ0) is 20.9. The van der Waals surface area contributed by atoms with Gasteiger partial charge >= 0.3 is 12.0 Å². The van der Waals surface area contributed by atoms with Crippen LogP contribution in [0.15, 0.2) is 36.5 Å². The van der Waals surface area contributed by atoms with Gasteiger partial charge in [0.05, 0.1) is 12.2 Å². The monoisotopic (exact) mass is 408 g/mol. The first-order valence-corrected chi connectivity index (χ1v) is 10.7. The number of amides is 2. The zero-order valence-corrected chi connectivity index (χ0v) is 17.4. The highest BCUT2D eigenvalue weighted by Gasteiger charge is 2.21. The number of aryl methyl sites for hydroxylation is 2. The molecule has 2 amide bonds. The molecular weight excluding hydrogens is 380 g/mol. The highest BCUT2D eigenvalue weighted by Crippen LogP contribution is 2.25. The van der Waals surface area contributed by atoms with Crippen LogP contribution in [-0.2, 0) is 17.6 Å². The van der Waals surface area contributed by atoms with E-state index in [2.05, 4.69) is 27.3 Å². The standard InChI is InChI=1S/C23H28N4O3/c1-2-30-22(28)19-8-10-21(24-16-19)26-11-4-12-27(14-13-26)23(29)25-20-9-7-17-5-3-6-18(17)15-20/h7-10,15-16H,2-6,11-14H2,1H3,(H,25,29). The minimum absolute atomic E-state index is 0.0552. The summed E-state index contributed by atoms with van der Waals surface area (Å²) in [5.74, 6) is 0.450. The summed E-state index contributed by atoms with van der Waals surface area (Å²) in [4.78, 5) is 33.0. The van der Waals surface area contributed by atoms with Crippen molar-refractivity contribution in [3.05, 3.63) is 53.2 Å². The molecule has 0 bridgehead atoms. The molecule has 4 rings (SSSR count). The lowest BCUT2D eigenvalue weighted by atomic mass is 10.1. The van der Waals surface area contributed by atoms with Crippen LogP contribution in [0.5, 0.6) is 0 Å². The summed E-state index contributed by atoms with van der Waals surface area (Å²) in [6.45, 7) is 4.96. The number of hydrogen-bond acceptors (Lipinski definition) is 5. The fourth-order valence-corrected chi connectivity index (χ4v) is 4.11. The van der Waals surface area contributed by atoms with Crippen molar-refractivity contribution in [2.75, 3.05) is 43.0 Å². The molecule has 7 heteroatoms. The summed E-state index contributed by atoms with van der Waals surface area (Å²) in [7, 11) is 0. The minimum Gasteiger partial charge on any atom is -0.462 e. The Labute approximate surface area is 177 Å². The first kappa shape index (κ1) is 20.2. The Morgan fingerprint density at radius 2 is 1.90 bits per heavy atom. The largest absolute Gasteiger partial charge is 0.462 e. The van der Waals surface area contributed by atoms with Crippen LogP contribution in [0.3, 0.4) is 0 Å². The van der Waals surface area contributed by atoms with Crippen LogP contribution in [0.2, 0.25) is 0 Å². The van der Waals surface area contributed by atoms with E-state index in [-0.39, 0.29) is 12.0 Å². The number of aromatic nitrogens is 1. The molecule has 1 aromatic carbocycles. The number of ether oxygens (including phenoxy) is 1. The molecule has 0 radical (unpaired) electrons. The minimum atomic E-state index is -0.359. The Morgan fingerprint density at radius 1 is 1.03 bits per heavy atom. The van der Waals surface area contributed by atoms with Crippen LogP contribution in [0.4, 0.5) is 16.3 Å². The Bertz CT molecular complexity index is 913. The Kier molecular flexibility index (Phi) is 6.16. The number of anilines is 2. The number of carbonyl (C=O) groups excluding carboxylic acids is 2. The van der Waals surface area contributed by atoms with Gasteiger partial charge in [0.25, 0.3) is 0 Å². The molecular formula is C23H28N4O3. The van der Waals surface area contributed by atoms with E-state index >= 15 is 0 Å². The SMILES string of the molecule is CCOC(=O)c1ccc(N2CCCN(C(=O)Nc3ccc4c(c3)CCC4)CC2)nc1. The number of urea groups is 1. The van der Waals surface area contributed by atoms with Crippen molar-refractivity contribution >= 4 is 23.5 Å². The fraction of sp³-hybridized carbons (Fsp3) is 0.435. The van der Waals surface area contributed by atoms with E-state index in [1.807, 2.05) is 17.0 Å². The second-order valence-electron chi connectivity index (χ2n) is 7.72. The Morgan fingerprint density at radius 3 is 2.70 bits per heavy atom. The third-order valence-electron chi connectivity index (χ3n) is 5.72. The van der Waals surface area contributed by atoms with Crippen LogP contribution >= 0.6 is 0 Å². The maximum absolute atomic E-state index is 12.8. The molecule has 2 aromatic rings. The molecule has 0 unspecified atom stereocenters. The molecule has 1 aromatic heterocycles. The average Bonchev–Trinajstić information content (AvgIpc) is 3.08. The van der Waals surface area contributed by atoms with Gasteiger partial charge < -0.3 is 19.9 Å². The highest BCUT2D eigenvalue weighted by molar-refractivity contribution is 5.90. The predicted molar refractivity (Wildman–Crippen MR) is 116 cm³/mol. The fourth-order valence-electron chi connectivity index (χ4n) is 4.11. The molecule has 0 atom stereocenters. The Balaban J connectivity index is 1.34. The lowest BCUT2D eigenvalue weighted by Gasteiger charge is -2.23. The molecule has 158 valence electrons. The zero-order valence-electron chi connectivity index (χ0n) is 17.4. The van der Waals surface area contributed by atoms with Crippen molar-refractivity contribution in [1.29, 1.82) is 0 Å². The number of nitrogens with zero attached hydrogens (tertiary/aromatic N) is 3. The van der Waals surface area contributed by atoms with Gasteiger partial charge in [-0.1, -0.05) is 6.07 Å². The second kappa shape index (κ2) is 9.15. The van der Waals surface area contributed by atoms with Gasteiger partial charge in [-0.25, -0.2) is 14.6 Å². The van der Waals surface area contributed by atoms with Crippen molar-refractivity contribution in [2.45, 2.75) is 32.6 Å². The van der Waals surface area contributed by atoms with Crippen LogP contribution in [0.25, 0.3) is 0 Å². The summed E-state index contributed by atoms with van der Waals surface area (Å²) in [5, 5.41) is 3.06. The second-order valence-corrected chi connectivity index (χ2v) is 7.72. The van der Waals surface area contributed by atoms with E-state index in [0.29, 0.717) is 31.8 Å². The van der Waals surface area contributed by atoms with Crippen molar-refractivity contribution < 1.29 is 14.3 Å². The van der Waals surface area contributed by atoms with Crippen LogP contribution in [0.1, 0.15) is 41.3 Å². The molecule has 2 heterocycles. The number of benzene rings is 1. The summed E-state index contributed by atoms with van der Waals surface area (Å²) >= 11 is 0. The summed E-state index contributed by atoms with van der Waals surface area (Å²) in [6, 6.07) is 9.77. The van der Waals surface area contributed by atoms with Crippen molar-refractivity contribution in [2.24, 2.45) is 0 Å². The quantitative estimate of drug-likeness (QED) is 0.784. The molecule has 1 N–H and O–H groups in total. The van der Waals surface area contributed by atoms with E-state index in [0.717, 1.165) is 37.3 Å². The van der Waals surface area contributed by atoms with Gasteiger partial charge in [-0.3, -0.25) is 0 Å². The van der Waals surface area contributed by atoms with Crippen molar-refractivity contribution in [3.63, 3.8) is 0 Å². The van der Waals surface area contributed by atoms with Gasteiger partial charge in [0.1, 0.15) is 5.82 Å². The number of esters is 1. The normalized spacial score (nSPS) is 16.0. The number of carbonyl (C=O) groups is 2. The third kappa shape index (κ3) is 4.56. The van der Waals surface area contributed by atoms with E-state index in [1.54, 1.807) is 19.2 Å². The van der Waals surface area contributed by atoms with Crippen molar-refractivity contribution in [3.8, 4) is 0 Å². The van der Waals surface area contributed by atoms with Crippen LogP contribution < -0.4 is 10.2 Å². The van der Waals surface area contributed by atoms with E-state index in [1.165, 1.54) is 17.5 Å². The maximum atomic E-state index is 12.8. The molecule has 1 saturated heterocycles. The number of pyridine rings is 1. The van der Waals surface area contributed by atoms with Crippen LogP contribution in [0, 0.1) is 0 Å². The van der Waals surface area contributed by atoms with Gasteiger partial charge in [-0.2, -0.15) is 0 Å². The first-order valence-electron chi connectivity index (χ1n) is 10.7. The predicted octanol–water partition coefficient (Wildman–Crippen LogP) is 3.49. The summed E-state index contributed by atoms with van der Waals surface area (Å²) in [5.41, 5.74) is 4.08. The van der Waals surface area contributed by atoms with E-state index in [9.17, 15) is 9.59 Å². The molecule has 1 aliphatic carbocycles. The third-order valence-corrected chi connectivity index (χ3v) is 5.72. The molecule has 2 aliphatic rings. The maximum Gasteiger partial charge on any atom is 0.339 e.